The monoisotopic (exact) mass is 925 g/mol. The number of carbonyl (C=O) groups excluding carboxylic acids is 3. The van der Waals surface area contributed by atoms with Gasteiger partial charge in [-0.25, -0.2) is 0 Å². The maximum atomic E-state index is 12.8. The molecule has 1 atom stereocenters. The van der Waals surface area contributed by atoms with Crippen LogP contribution in [0.4, 0.5) is 0 Å². The van der Waals surface area contributed by atoms with Crippen LogP contribution in [0.1, 0.15) is 297 Å². The number of hydrogen-bond donors (Lipinski definition) is 0. The van der Waals surface area contributed by atoms with Crippen LogP contribution in [0.2, 0.25) is 0 Å². The summed E-state index contributed by atoms with van der Waals surface area (Å²) >= 11 is 0. The van der Waals surface area contributed by atoms with Crippen molar-refractivity contribution in [2.75, 3.05) is 13.2 Å². The zero-order chi connectivity index (χ0) is 47.9. The first-order chi connectivity index (χ1) is 32.5. The summed E-state index contributed by atoms with van der Waals surface area (Å²) in [6.45, 7) is 6.61. The molecule has 0 fully saturated rings. The van der Waals surface area contributed by atoms with Crippen LogP contribution in [0.15, 0.2) is 48.6 Å². The molecule has 384 valence electrons. The maximum Gasteiger partial charge on any atom is 0.306 e. The first-order valence-electron chi connectivity index (χ1n) is 28.6. The Labute approximate surface area is 409 Å². The summed E-state index contributed by atoms with van der Waals surface area (Å²) in [5.41, 5.74) is 0. The minimum Gasteiger partial charge on any atom is -0.462 e. The summed E-state index contributed by atoms with van der Waals surface area (Å²) in [6, 6.07) is 0. The van der Waals surface area contributed by atoms with Crippen molar-refractivity contribution in [3.05, 3.63) is 48.6 Å². The Bertz CT molecular complexity index is 1150. The van der Waals surface area contributed by atoms with Gasteiger partial charge >= 0.3 is 17.9 Å². The van der Waals surface area contributed by atoms with Gasteiger partial charge in [-0.2, -0.15) is 0 Å². The number of unbranched alkanes of at least 4 members (excludes halogenated alkanes) is 33. The molecule has 0 amide bonds. The zero-order valence-corrected chi connectivity index (χ0v) is 44.0. The van der Waals surface area contributed by atoms with Gasteiger partial charge in [0.1, 0.15) is 13.2 Å². The number of hydrogen-bond acceptors (Lipinski definition) is 6. The number of ether oxygens (including phenoxy) is 3. The van der Waals surface area contributed by atoms with E-state index in [9.17, 15) is 14.4 Å². The van der Waals surface area contributed by atoms with Gasteiger partial charge in [0, 0.05) is 19.3 Å². The summed E-state index contributed by atoms with van der Waals surface area (Å²) in [5.74, 6) is -0.882. The fourth-order valence-electron chi connectivity index (χ4n) is 8.21. The van der Waals surface area contributed by atoms with Crippen LogP contribution >= 0.6 is 0 Å². The lowest BCUT2D eigenvalue weighted by atomic mass is 10.0. The third-order valence-corrected chi connectivity index (χ3v) is 12.6. The topological polar surface area (TPSA) is 78.9 Å². The number of rotatable bonds is 52. The average Bonchev–Trinajstić information content (AvgIpc) is 3.31. The van der Waals surface area contributed by atoms with Crippen molar-refractivity contribution in [1.29, 1.82) is 0 Å². The lowest BCUT2D eigenvalue weighted by molar-refractivity contribution is -0.167. The van der Waals surface area contributed by atoms with Crippen LogP contribution in [-0.4, -0.2) is 37.2 Å². The molecule has 6 nitrogen and oxygen atoms in total. The van der Waals surface area contributed by atoms with E-state index < -0.39 is 6.10 Å². The second-order valence-corrected chi connectivity index (χ2v) is 19.2. The lowest BCUT2D eigenvalue weighted by Gasteiger charge is -2.18. The fraction of sp³-hybridized carbons (Fsp3) is 0.817. The minimum atomic E-state index is -0.780. The highest BCUT2D eigenvalue weighted by Gasteiger charge is 2.19. The summed E-state index contributed by atoms with van der Waals surface area (Å²) in [7, 11) is 0. The van der Waals surface area contributed by atoms with Gasteiger partial charge in [-0.3, -0.25) is 14.4 Å². The van der Waals surface area contributed by atoms with Gasteiger partial charge in [-0.15, -0.1) is 0 Å². The Hall–Kier alpha value is -2.63. The highest BCUT2D eigenvalue weighted by atomic mass is 16.6. The Morgan fingerprint density at radius 1 is 0.303 bits per heavy atom. The third kappa shape index (κ3) is 52.3. The molecule has 66 heavy (non-hydrogen) atoms. The summed E-state index contributed by atoms with van der Waals surface area (Å²) < 4.78 is 16.9. The minimum absolute atomic E-state index is 0.0773. The van der Waals surface area contributed by atoms with E-state index in [1.165, 1.54) is 167 Å². The van der Waals surface area contributed by atoms with Crippen LogP contribution in [0.3, 0.4) is 0 Å². The molecule has 0 saturated carbocycles. The summed E-state index contributed by atoms with van der Waals surface area (Å²) in [5, 5.41) is 0. The molecule has 0 aromatic rings. The predicted octanol–water partition coefficient (Wildman–Crippen LogP) is 19.0. The molecular weight excluding hydrogens is 817 g/mol. The van der Waals surface area contributed by atoms with Crippen LogP contribution < -0.4 is 0 Å². The normalized spacial score (nSPS) is 12.3. The molecule has 0 saturated heterocycles. The molecule has 0 spiro atoms. The summed E-state index contributed by atoms with van der Waals surface area (Å²) in [6.07, 6.45) is 66.6. The largest absolute Gasteiger partial charge is 0.462 e. The highest BCUT2D eigenvalue weighted by molar-refractivity contribution is 5.71. The van der Waals surface area contributed by atoms with Crippen LogP contribution in [-0.2, 0) is 28.6 Å². The van der Waals surface area contributed by atoms with Gasteiger partial charge in [0.2, 0.25) is 0 Å². The van der Waals surface area contributed by atoms with Crippen molar-refractivity contribution < 1.29 is 28.6 Å². The Balaban J connectivity index is 4.36. The third-order valence-electron chi connectivity index (χ3n) is 12.6. The van der Waals surface area contributed by atoms with Gasteiger partial charge in [-0.05, 0) is 83.5 Å². The fourth-order valence-corrected chi connectivity index (χ4v) is 8.21. The summed E-state index contributed by atoms with van der Waals surface area (Å²) in [4.78, 5) is 38.1. The molecule has 0 heterocycles. The Morgan fingerprint density at radius 2 is 0.545 bits per heavy atom. The Kier molecular flexibility index (Phi) is 52.8. The van der Waals surface area contributed by atoms with Crippen LogP contribution in [0.5, 0.6) is 0 Å². The number of esters is 3. The molecule has 0 N–H and O–H groups in total. The van der Waals surface area contributed by atoms with Crippen molar-refractivity contribution in [3.63, 3.8) is 0 Å². The van der Waals surface area contributed by atoms with Gasteiger partial charge in [0.05, 0.1) is 0 Å². The van der Waals surface area contributed by atoms with E-state index in [0.717, 1.165) is 89.9 Å². The van der Waals surface area contributed by atoms with Crippen LogP contribution in [0, 0.1) is 0 Å². The van der Waals surface area contributed by atoms with Crippen molar-refractivity contribution >= 4 is 17.9 Å². The van der Waals surface area contributed by atoms with Crippen molar-refractivity contribution in [3.8, 4) is 0 Å². The molecule has 0 aliphatic heterocycles. The lowest BCUT2D eigenvalue weighted by Crippen LogP contribution is -2.30. The van der Waals surface area contributed by atoms with Gasteiger partial charge in [0.15, 0.2) is 6.10 Å². The second-order valence-electron chi connectivity index (χ2n) is 19.2. The van der Waals surface area contributed by atoms with E-state index >= 15 is 0 Å². The first kappa shape index (κ1) is 63.4. The SMILES string of the molecule is CCCCC/C=C\C/C=C\CCCCCCCCCCCC(=O)OCC(COC(=O)CCCCCCCCCCCCCCC)OC(=O)CCCCCCC/C=C\C/C=C\CCCCCC. The molecule has 0 aliphatic carbocycles. The first-order valence-corrected chi connectivity index (χ1v) is 28.6. The molecule has 0 rings (SSSR count). The molecule has 0 aromatic carbocycles. The van der Waals surface area contributed by atoms with E-state index in [1.54, 1.807) is 0 Å². The molecular formula is C60H108O6. The molecule has 0 aromatic heterocycles. The van der Waals surface area contributed by atoms with Crippen molar-refractivity contribution in [2.24, 2.45) is 0 Å². The molecule has 0 aliphatic rings. The van der Waals surface area contributed by atoms with Gasteiger partial charge in [0.25, 0.3) is 0 Å². The van der Waals surface area contributed by atoms with Crippen LogP contribution in [0.25, 0.3) is 0 Å². The predicted molar refractivity (Wildman–Crippen MR) is 284 cm³/mol. The van der Waals surface area contributed by atoms with E-state index in [2.05, 4.69) is 69.4 Å². The number of carbonyl (C=O) groups is 3. The van der Waals surface area contributed by atoms with E-state index in [0.29, 0.717) is 19.3 Å². The smallest absolute Gasteiger partial charge is 0.306 e. The van der Waals surface area contributed by atoms with E-state index in [4.69, 9.17) is 14.2 Å². The van der Waals surface area contributed by atoms with Crippen molar-refractivity contribution in [2.45, 2.75) is 303 Å². The molecule has 1 unspecified atom stereocenters. The molecule has 0 bridgehead atoms. The number of allylic oxidation sites excluding steroid dienone is 8. The molecule has 0 radical (unpaired) electrons. The highest BCUT2D eigenvalue weighted by Crippen LogP contribution is 2.16. The zero-order valence-electron chi connectivity index (χ0n) is 44.0. The van der Waals surface area contributed by atoms with Gasteiger partial charge in [-0.1, -0.05) is 243 Å². The van der Waals surface area contributed by atoms with E-state index in [-0.39, 0.29) is 31.1 Å². The van der Waals surface area contributed by atoms with E-state index in [1.807, 2.05) is 0 Å². The molecule has 6 heteroatoms. The maximum absolute atomic E-state index is 12.8. The van der Waals surface area contributed by atoms with Gasteiger partial charge < -0.3 is 14.2 Å². The Morgan fingerprint density at radius 3 is 0.879 bits per heavy atom. The standard InChI is InChI=1S/C60H108O6/c1-4-7-10-13-16-19-22-25-27-29-30-31-33-35-38-41-44-47-50-53-59(62)65-56-57(55-64-58(61)52-49-46-43-40-37-34-24-21-18-15-12-9-6-3)66-60(63)54-51-48-45-42-39-36-32-28-26-23-20-17-14-11-8-5-2/h16,19-20,23,25,27-28,32,57H,4-15,17-18,21-22,24,26,29-31,33-56H2,1-3H3/b19-16-,23-20-,27-25-,32-28-. The second kappa shape index (κ2) is 55.0. The quantitative estimate of drug-likeness (QED) is 0.0262. The average molecular weight is 926 g/mol. The van der Waals surface area contributed by atoms with Crippen molar-refractivity contribution in [1.82, 2.24) is 0 Å².